The molecule has 0 aliphatic carbocycles. The van der Waals surface area contributed by atoms with Crippen molar-refractivity contribution in [3.05, 3.63) is 23.0 Å². The van der Waals surface area contributed by atoms with E-state index >= 15 is 0 Å². The van der Waals surface area contributed by atoms with Crippen molar-refractivity contribution in [2.75, 3.05) is 0 Å². The number of nitrogens with zero attached hydrogens (tertiary/aromatic N) is 2. The van der Waals surface area contributed by atoms with E-state index in [0.29, 0.717) is 5.02 Å². The average Bonchev–Trinajstić information content (AvgIpc) is 2.13. The van der Waals surface area contributed by atoms with Gasteiger partial charge in [-0.2, -0.15) is 5.10 Å². The Balaban J connectivity index is 3.03. The minimum absolute atomic E-state index is 0.695. The molecule has 0 amide bonds. The van der Waals surface area contributed by atoms with Crippen LogP contribution < -0.4 is 0 Å². The van der Waals surface area contributed by atoms with Crippen LogP contribution in [0.15, 0.2) is 12.3 Å². The van der Waals surface area contributed by atoms with E-state index in [9.17, 15) is 0 Å². The van der Waals surface area contributed by atoms with Gasteiger partial charge in [-0.05, 0) is 13.0 Å². The normalized spacial score (nSPS) is 11.1. The van der Waals surface area contributed by atoms with E-state index < -0.39 is 0 Å². The third-order valence-corrected chi connectivity index (χ3v) is 1.43. The van der Waals surface area contributed by atoms with Gasteiger partial charge in [0.15, 0.2) is 0 Å². The molecule has 1 heterocycles. The van der Waals surface area contributed by atoms with E-state index in [2.05, 4.69) is 5.10 Å². The van der Waals surface area contributed by atoms with Gasteiger partial charge in [-0.15, -0.1) is 0 Å². The number of allylic oxidation sites excluding steroid dienone is 1. The fraction of sp³-hybridized carbons (Fsp3) is 0.286. The van der Waals surface area contributed by atoms with Gasteiger partial charge in [-0.3, -0.25) is 4.68 Å². The second kappa shape index (κ2) is 2.88. The Hall–Kier alpha value is -0.760. The third-order valence-electron chi connectivity index (χ3n) is 1.13. The summed E-state index contributed by atoms with van der Waals surface area (Å²) in [5.41, 5.74) is 0.826. The van der Waals surface area contributed by atoms with Crippen LogP contribution in [-0.4, -0.2) is 9.78 Å². The van der Waals surface area contributed by atoms with Crippen LogP contribution in [0.5, 0.6) is 0 Å². The Morgan fingerprint density at radius 3 is 2.80 bits per heavy atom. The Morgan fingerprint density at radius 1 is 1.70 bits per heavy atom. The molecule has 0 atom stereocenters. The smallest absolute Gasteiger partial charge is 0.103 e. The molecule has 0 N–H and O–H groups in total. The summed E-state index contributed by atoms with van der Waals surface area (Å²) in [5, 5.41) is 4.79. The predicted molar refractivity (Wildman–Crippen MR) is 42.9 cm³/mol. The van der Waals surface area contributed by atoms with Crippen molar-refractivity contribution in [2.24, 2.45) is 7.05 Å². The average molecular weight is 157 g/mol. The molecule has 1 aromatic rings. The van der Waals surface area contributed by atoms with Crippen molar-refractivity contribution in [1.82, 2.24) is 9.78 Å². The van der Waals surface area contributed by atoms with E-state index in [1.165, 1.54) is 0 Å². The number of halogens is 1. The van der Waals surface area contributed by atoms with E-state index in [1.54, 1.807) is 10.9 Å². The molecule has 0 saturated carbocycles. The van der Waals surface area contributed by atoms with Gasteiger partial charge in [0.05, 0.1) is 5.02 Å². The number of aromatic nitrogens is 2. The van der Waals surface area contributed by atoms with Gasteiger partial charge in [0.1, 0.15) is 5.69 Å². The highest BCUT2D eigenvalue weighted by Gasteiger charge is 1.98. The predicted octanol–water partition coefficient (Wildman–Crippen LogP) is 2.11. The molecule has 0 spiro atoms. The highest BCUT2D eigenvalue weighted by atomic mass is 35.5. The van der Waals surface area contributed by atoms with Crippen molar-refractivity contribution >= 4 is 17.7 Å². The molecule has 0 bridgehead atoms. The van der Waals surface area contributed by atoms with Gasteiger partial charge < -0.3 is 0 Å². The van der Waals surface area contributed by atoms with Crippen molar-refractivity contribution in [3.8, 4) is 0 Å². The van der Waals surface area contributed by atoms with Crippen molar-refractivity contribution in [3.63, 3.8) is 0 Å². The zero-order valence-corrected chi connectivity index (χ0v) is 6.76. The molecule has 10 heavy (non-hydrogen) atoms. The Bertz CT molecular complexity index is 250. The number of hydrogen-bond donors (Lipinski definition) is 0. The fourth-order valence-electron chi connectivity index (χ4n) is 0.748. The first-order valence-electron chi connectivity index (χ1n) is 3.06. The zero-order chi connectivity index (χ0) is 7.56. The van der Waals surface area contributed by atoms with Crippen LogP contribution >= 0.6 is 11.6 Å². The first kappa shape index (κ1) is 7.35. The van der Waals surface area contributed by atoms with Crippen molar-refractivity contribution < 1.29 is 0 Å². The maximum atomic E-state index is 5.79. The van der Waals surface area contributed by atoms with Crippen LogP contribution in [0.1, 0.15) is 12.6 Å². The lowest BCUT2D eigenvalue weighted by Gasteiger charge is -1.82. The Labute approximate surface area is 65.1 Å². The highest BCUT2D eigenvalue weighted by Crippen LogP contribution is 2.13. The SMILES string of the molecule is C/C=C/c1nn(C)cc1Cl. The number of aryl methyl sites for hydroxylation is 1. The minimum Gasteiger partial charge on any atom is -0.274 e. The second-order valence-electron chi connectivity index (χ2n) is 2.04. The third kappa shape index (κ3) is 1.39. The fourth-order valence-corrected chi connectivity index (χ4v) is 0.990. The molecule has 0 fully saturated rings. The van der Waals surface area contributed by atoms with Gasteiger partial charge in [0.25, 0.3) is 0 Å². The lowest BCUT2D eigenvalue weighted by molar-refractivity contribution is 0.764. The molecule has 3 heteroatoms. The lowest BCUT2D eigenvalue weighted by atomic mass is 10.4. The molecule has 1 aromatic heterocycles. The van der Waals surface area contributed by atoms with Crippen LogP contribution in [0, 0.1) is 0 Å². The van der Waals surface area contributed by atoms with Gasteiger partial charge in [0.2, 0.25) is 0 Å². The summed E-state index contributed by atoms with van der Waals surface area (Å²) in [5.74, 6) is 0. The quantitative estimate of drug-likeness (QED) is 0.609. The van der Waals surface area contributed by atoms with E-state index in [1.807, 2.05) is 26.1 Å². The Kier molecular flexibility index (Phi) is 2.12. The molecule has 0 aliphatic heterocycles. The monoisotopic (exact) mass is 156 g/mol. The van der Waals surface area contributed by atoms with Crippen LogP contribution in [0.2, 0.25) is 5.02 Å². The summed E-state index contributed by atoms with van der Waals surface area (Å²) in [6.45, 7) is 1.94. The summed E-state index contributed by atoms with van der Waals surface area (Å²) in [6, 6.07) is 0. The summed E-state index contributed by atoms with van der Waals surface area (Å²) in [7, 11) is 1.85. The van der Waals surface area contributed by atoms with Crippen molar-refractivity contribution in [1.29, 1.82) is 0 Å². The molecule has 0 unspecified atom stereocenters. The van der Waals surface area contributed by atoms with Gasteiger partial charge >= 0.3 is 0 Å². The first-order chi connectivity index (χ1) is 4.74. The minimum atomic E-state index is 0.695. The molecule has 54 valence electrons. The molecule has 2 nitrogen and oxygen atoms in total. The molecule has 0 radical (unpaired) electrons. The van der Waals surface area contributed by atoms with Crippen molar-refractivity contribution in [2.45, 2.75) is 6.92 Å². The first-order valence-corrected chi connectivity index (χ1v) is 3.43. The van der Waals surface area contributed by atoms with Crippen LogP contribution in [0.25, 0.3) is 6.08 Å². The zero-order valence-electron chi connectivity index (χ0n) is 6.00. The number of rotatable bonds is 1. The van der Waals surface area contributed by atoms with Crippen LogP contribution in [-0.2, 0) is 7.05 Å². The highest BCUT2D eigenvalue weighted by molar-refractivity contribution is 6.31. The second-order valence-corrected chi connectivity index (χ2v) is 2.44. The molecule has 0 aromatic carbocycles. The van der Waals surface area contributed by atoms with Gasteiger partial charge in [-0.1, -0.05) is 17.7 Å². The summed E-state index contributed by atoms with van der Waals surface area (Å²) in [6.07, 6.45) is 5.56. The molecule has 0 saturated heterocycles. The lowest BCUT2D eigenvalue weighted by Crippen LogP contribution is -1.86. The standard InChI is InChI=1S/C7H9ClN2/c1-3-4-7-6(8)5-10(2)9-7/h3-5H,1-2H3/b4-3+. The molecule has 0 aliphatic rings. The summed E-state index contributed by atoms with van der Waals surface area (Å²) >= 11 is 5.79. The summed E-state index contributed by atoms with van der Waals surface area (Å²) in [4.78, 5) is 0. The van der Waals surface area contributed by atoms with E-state index in [-0.39, 0.29) is 0 Å². The van der Waals surface area contributed by atoms with Crippen LogP contribution in [0.4, 0.5) is 0 Å². The Morgan fingerprint density at radius 2 is 2.40 bits per heavy atom. The van der Waals surface area contributed by atoms with E-state index in [4.69, 9.17) is 11.6 Å². The topological polar surface area (TPSA) is 17.8 Å². The van der Waals surface area contributed by atoms with Gasteiger partial charge in [-0.25, -0.2) is 0 Å². The maximum absolute atomic E-state index is 5.79. The largest absolute Gasteiger partial charge is 0.274 e. The maximum Gasteiger partial charge on any atom is 0.103 e. The van der Waals surface area contributed by atoms with Crippen LogP contribution in [0.3, 0.4) is 0 Å². The molecular formula is C7H9ClN2. The van der Waals surface area contributed by atoms with Gasteiger partial charge in [0, 0.05) is 13.2 Å². The molecular weight excluding hydrogens is 148 g/mol. The summed E-state index contributed by atoms with van der Waals surface area (Å²) < 4.78 is 1.69. The molecule has 1 rings (SSSR count). The number of hydrogen-bond acceptors (Lipinski definition) is 1. The van der Waals surface area contributed by atoms with E-state index in [0.717, 1.165) is 5.69 Å².